The molecule has 0 unspecified atom stereocenters. The molecule has 2 rings (SSSR count). The van der Waals surface area contributed by atoms with Gasteiger partial charge in [-0.25, -0.2) is 8.78 Å². The summed E-state index contributed by atoms with van der Waals surface area (Å²) in [5.74, 6) is 0.903. The van der Waals surface area contributed by atoms with Gasteiger partial charge in [-0.15, -0.1) is 0 Å². The molecule has 1 aliphatic rings. The molecule has 1 heterocycles. The number of hydrogen-bond acceptors (Lipinski definition) is 3. The molecule has 1 aromatic rings. The molecule has 0 N–H and O–H groups in total. The average Bonchev–Trinajstić information content (AvgIpc) is 2.33. The van der Waals surface area contributed by atoms with E-state index < -0.39 is 6.43 Å². The standard InChI is InChI=1S/C14H16F2N2O/c1-9-10(5-17)3-4-12(19-2)14(9)11-6-18(7-11)8-13(15)16/h3-4,11,13H,6-8H2,1-2H3. The van der Waals surface area contributed by atoms with Crippen LogP contribution in [0.3, 0.4) is 0 Å². The van der Waals surface area contributed by atoms with Crippen molar-refractivity contribution in [2.75, 3.05) is 26.7 Å². The molecule has 19 heavy (non-hydrogen) atoms. The van der Waals surface area contributed by atoms with Gasteiger partial charge in [-0.05, 0) is 24.6 Å². The summed E-state index contributed by atoms with van der Waals surface area (Å²) in [6, 6.07) is 5.65. The van der Waals surface area contributed by atoms with Gasteiger partial charge in [0, 0.05) is 24.6 Å². The maximum atomic E-state index is 12.3. The number of hydrogen-bond donors (Lipinski definition) is 0. The van der Waals surface area contributed by atoms with Gasteiger partial charge in [-0.1, -0.05) is 0 Å². The highest BCUT2D eigenvalue weighted by molar-refractivity contribution is 5.51. The summed E-state index contributed by atoms with van der Waals surface area (Å²) in [5, 5.41) is 9.05. The molecule has 1 aromatic carbocycles. The lowest BCUT2D eigenvalue weighted by atomic mass is 9.86. The Kier molecular flexibility index (Phi) is 4.01. The van der Waals surface area contributed by atoms with E-state index in [0.29, 0.717) is 18.7 Å². The normalized spacial score (nSPS) is 16.2. The Labute approximate surface area is 111 Å². The van der Waals surface area contributed by atoms with Crippen LogP contribution < -0.4 is 4.74 Å². The van der Waals surface area contributed by atoms with Crippen molar-refractivity contribution in [1.29, 1.82) is 5.26 Å². The number of benzene rings is 1. The van der Waals surface area contributed by atoms with Gasteiger partial charge >= 0.3 is 0 Å². The van der Waals surface area contributed by atoms with Crippen LogP contribution in [0.15, 0.2) is 12.1 Å². The molecule has 0 bridgehead atoms. The van der Waals surface area contributed by atoms with Crippen LogP contribution in [0.2, 0.25) is 0 Å². The minimum absolute atomic E-state index is 0.169. The zero-order valence-corrected chi connectivity index (χ0v) is 11.0. The van der Waals surface area contributed by atoms with E-state index >= 15 is 0 Å². The summed E-state index contributed by atoms with van der Waals surface area (Å²) in [4.78, 5) is 1.72. The van der Waals surface area contributed by atoms with Gasteiger partial charge in [-0.3, -0.25) is 4.90 Å². The van der Waals surface area contributed by atoms with Crippen LogP contribution in [0.1, 0.15) is 22.6 Å². The molecule has 0 saturated carbocycles. The van der Waals surface area contributed by atoms with E-state index in [1.165, 1.54) is 0 Å². The van der Waals surface area contributed by atoms with Crippen LogP contribution in [0.4, 0.5) is 8.78 Å². The molecule has 0 atom stereocenters. The van der Waals surface area contributed by atoms with E-state index in [1.54, 1.807) is 24.1 Å². The van der Waals surface area contributed by atoms with Crippen LogP contribution >= 0.6 is 0 Å². The zero-order valence-electron chi connectivity index (χ0n) is 11.0. The monoisotopic (exact) mass is 266 g/mol. The fourth-order valence-electron chi connectivity index (χ4n) is 2.61. The highest BCUT2D eigenvalue weighted by Gasteiger charge is 2.33. The third-order valence-electron chi connectivity index (χ3n) is 3.58. The van der Waals surface area contributed by atoms with E-state index in [9.17, 15) is 8.78 Å². The van der Waals surface area contributed by atoms with Gasteiger partial charge in [0.15, 0.2) is 0 Å². The van der Waals surface area contributed by atoms with Gasteiger partial charge in [0.05, 0.1) is 25.3 Å². The van der Waals surface area contributed by atoms with E-state index in [2.05, 4.69) is 6.07 Å². The lowest BCUT2D eigenvalue weighted by Gasteiger charge is -2.40. The van der Waals surface area contributed by atoms with Crippen molar-refractivity contribution in [2.24, 2.45) is 0 Å². The number of alkyl halides is 2. The first kappa shape index (κ1) is 13.8. The third-order valence-corrected chi connectivity index (χ3v) is 3.58. The summed E-state index contributed by atoms with van der Waals surface area (Å²) in [6.07, 6.45) is -2.30. The average molecular weight is 266 g/mol. The molecule has 5 heteroatoms. The number of halogens is 2. The molecule has 0 aromatic heterocycles. The fraction of sp³-hybridized carbons (Fsp3) is 0.500. The summed E-state index contributed by atoms with van der Waals surface area (Å²) in [6.45, 7) is 2.88. The second-order valence-electron chi connectivity index (χ2n) is 4.77. The van der Waals surface area contributed by atoms with Crippen molar-refractivity contribution in [3.05, 3.63) is 28.8 Å². The molecular weight excluding hydrogens is 250 g/mol. The second-order valence-corrected chi connectivity index (χ2v) is 4.77. The topological polar surface area (TPSA) is 36.3 Å². The van der Waals surface area contributed by atoms with Crippen molar-refractivity contribution in [2.45, 2.75) is 19.3 Å². The minimum Gasteiger partial charge on any atom is -0.496 e. The van der Waals surface area contributed by atoms with Crippen LogP contribution in [-0.2, 0) is 0 Å². The molecule has 0 aliphatic carbocycles. The first-order chi connectivity index (χ1) is 9.06. The smallest absolute Gasteiger partial charge is 0.251 e. The Morgan fingerprint density at radius 1 is 1.47 bits per heavy atom. The maximum Gasteiger partial charge on any atom is 0.251 e. The lowest BCUT2D eigenvalue weighted by Crippen LogP contribution is -2.47. The number of ether oxygens (including phenoxy) is 1. The molecule has 3 nitrogen and oxygen atoms in total. The van der Waals surface area contributed by atoms with E-state index in [4.69, 9.17) is 10.00 Å². The van der Waals surface area contributed by atoms with E-state index in [-0.39, 0.29) is 12.5 Å². The highest BCUT2D eigenvalue weighted by atomic mass is 19.3. The molecule has 102 valence electrons. The molecule has 1 fully saturated rings. The first-order valence-electron chi connectivity index (χ1n) is 6.15. The van der Waals surface area contributed by atoms with Gasteiger partial charge in [-0.2, -0.15) is 5.26 Å². The maximum absolute atomic E-state index is 12.3. The summed E-state index contributed by atoms with van der Waals surface area (Å²) in [5.41, 5.74) is 2.48. The van der Waals surface area contributed by atoms with Gasteiger partial charge < -0.3 is 4.74 Å². The fourth-order valence-corrected chi connectivity index (χ4v) is 2.61. The van der Waals surface area contributed by atoms with E-state index in [0.717, 1.165) is 16.9 Å². The van der Waals surface area contributed by atoms with Crippen LogP contribution in [-0.4, -0.2) is 38.1 Å². The SMILES string of the molecule is COc1ccc(C#N)c(C)c1C1CN(CC(F)F)C1. The third kappa shape index (κ3) is 2.69. The molecule has 1 saturated heterocycles. The quantitative estimate of drug-likeness (QED) is 0.840. The van der Waals surface area contributed by atoms with Crippen LogP contribution in [0.5, 0.6) is 5.75 Å². The van der Waals surface area contributed by atoms with Crippen molar-refractivity contribution < 1.29 is 13.5 Å². The predicted molar refractivity (Wildman–Crippen MR) is 67.6 cm³/mol. The number of nitriles is 1. The zero-order chi connectivity index (χ0) is 14.0. The molecular formula is C14H16F2N2O. The van der Waals surface area contributed by atoms with Crippen LogP contribution in [0.25, 0.3) is 0 Å². The Bertz CT molecular complexity index is 505. The minimum atomic E-state index is -2.30. The first-order valence-corrected chi connectivity index (χ1v) is 6.15. The largest absolute Gasteiger partial charge is 0.496 e. The summed E-state index contributed by atoms with van der Waals surface area (Å²) < 4.78 is 29.9. The summed E-state index contributed by atoms with van der Waals surface area (Å²) in [7, 11) is 1.58. The Morgan fingerprint density at radius 3 is 2.68 bits per heavy atom. The van der Waals surface area contributed by atoms with Gasteiger partial charge in [0.2, 0.25) is 0 Å². The van der Waals surface area contributed by atoms with Gasteiger partial charge in [0.25, 0.3) is 6.43 Å². The number of rotatable bonds is 4. The lowest BCUT2D eigenvalue weighted by molar-refractivity contribution is 0.0460. The Morgan fingerprint density at radius 2 is 2.16 bits per heavy atom. The van der Waals surface area contributed by atoms with Crippen molar-refractivity contribution in [1.82, 2.24) is 4.90 Å². The van der Waals surface area contributed by atoms with Crippen molar-refractivity contribution in [3.63, 3.8) is 0 Å². The molecule has 0 spiro atoms. The highest BCUT2D eigenvalue weighted by Crippen LogP contribution is 2.37. The Balaban J connectivity index is 2.19. The summed E-state index contributed by atoms with van der Waals surface area (Å²) >= 11 is 0. The number of nitrogens with zero attached hydrogens (tertiary/aromatic N) is 2. The van der Waals surface area contributed by atoms with Gasteiger partial charge in [0.1, 0.15) is 5.75 Å². The number of methoxy groups -OCH3 is 1. The van der Waals surface area contributed by atoms with E-state index in [1.807, 2.05) is 6.92 Å². The molecule has 1 aliphatic heterocycles. The Hall–Kier alpha value is -1.67. The number of likely N-dealkylation sites (tertiary alicyclic amines) is 1. The predicted octanol–water partition coefficient (Wildman–Crippen LogP) is 2.54. The molecule has 0 amide bonds. The van der Waals surface area contributed by atoms with Crippen molar-refractivity contribution >= 4 is 0 Å². The second kappa shape index (κ2) is 5.54. The van der Waals surface area contributed by atoms with Crippen LogP contribution in [0, 0.1) is 18.3 Å². The van der Waals surface area contributed by atoms with Crippen molar-refractivity contribution in [3.8, 4) is 11.8 Å². The molecule has 0 radical (unpaired) electrons.